The number of amides is 3. The molecule has 8 nitrogen and oxygen atoms in total. The summed E-state index contributed by atoms with van der Waals surface area (Å²) in [7, 11) is 3.19. The zero-order chi connectivity index (χ0) is 23.5. The number of rotatable bonds is 7. The van der Waals surface area contributed by atoms with Gasteiger partial charge in [-0.25, -0.2) is 4.79 Å². The molecule has 2 aromatic rings. The van der Waals surface area contributed by atoms with E-state index in [4.69, 9.17) is 14.2 Å². The highest BCUT2D eigenvalue weighted by Gasteiger charge is 2.48. The van der Waals surface area contributed by atoms with E-state index in [2.05, 4.69) is 5.32 Å². The number of nitrogens with zero attached hydrogens (tertiary/aromatic N) is 2. The number of carbonyl (C=O) groups excluding carboxylic acids is 2. The molecule has 2 aliphatic rings. The first-order valence-corrected chi connectivity index (χ1v) is 11.1. The molecule has 1 N–H and O–H groups in total. The van der Waals surface area contributed by atoms with Crippen LogP contribution in [-0.2, 0) is 9.53 Å². The van der Waals surface area contributed by atoms with Gasteiger partial charge in [-0.1, -0.05) is 13.8 Å². The molecule has 0 saturated carbocycles. The maximum absolute atomic E-state index is 13.7. The average molecular weight is 452 g/mol. The number of hydrogen-bond donors (Lipinski definition) is 1. The van der Waals surface area contributed by atoms with Gasteiger partial charge in [-0.2, -0.15) is 0 Å². The number of carbonyl (C=O) groups is 2. The van der Waals surface area contributed by atoms with Crippen LogP contribution in [0.3, 0.4) is 0 Å². The summed E-state index contributed by atoms with van der Waals surface area (Å²) in [6.45, 7) is 4.33. The third kappa shape index (κ3) is 4.08. The number of benzene rings is 2. The molecule has 0 radical (unpaired) electrons. The number of anilines is 2. The van der Waals surface area contributed by atoms with E-state index in [9.17, 15) is 9.59 Å². The Bertz CT molecular complexity index is 1050. The standard InChI is InChI=1S/C25H29N3O5/c1-5-17-15-33-24-22(23(29)26-16-7-11-19(31-3)12-8-16)21(6-2)27(25(30)28(17)24)18-9-13-20(32-4)14-10-18/h7-14,17,21H,5-6,15H2,1-4H3,(H,26,29)/t17-,21-/m1/s1. The number of ether oxygens (including phenoxy) is 3. The van der Waals surface area contributed by atoms with Crippen LogP contribution >= 0.6 is 0 Å². The second-order valence-corrected chi connectivity index (χ2v) is 7.92. The van der Waals surface area contributed by atoms with Crippen molar-refractivity contribution in [1.82, 2.24) is 4.90 Å². The van der Waals surface area contributed by atoms with Crippen molar-refractivity contribution >= 4 is 23.3 Å². The highest BCUT2D eigenvalue weighted by atomic mass is 16.5. The Morgan fingerprint density at radius 1 is 0.970 bits per heavy atom. The normalized spacial score (nSPS) is 19.8. The molecule has 0 spiro atoms. The molecule has 8 heteroatoms. The molecule has 1 saturated heterocycles. The fraction of sp³-hybridized carbons (Fsp3) is 0.360. The lowest BCUT2D eigenvalue weighted by Gasteiger charge is -2.41. The Labute approximate surface area is 193 Å². The summed E-state index contributed by atoms with van der Waals surface area (Å²) >= 11 is 0. The number of urea groups is 1. The molecule has 0 aliphatic carbocycles. The van der Waals surface area contributed by atoms with Crippen LogP contribution in [0.1, 0.15) is 26.7 Å². The van der Waals surface area contributed by atoms with Gasteiger partial charge in [0.05, 0.1) is 26.3 Å². The third-order valence-corrected chi connectivity index (χ3v) is 6.08. The minimum atomic E-state index is -0.481. The van der Waals surface area contributed by atoms with Gasteiger partial charge in [-0.3, -0.25) is 14.6 Å². The zero-order valence-corrected chi connectivity index (χ0v) is 19.3. The molecule has 1 fully saturated rings. The predicted molar refractivity (Wildman–Crippen MR) is 125 cm³/mol. The van der Waals surface area contributed by atoms with Gasteiger partial charge in [0.15, 0.2) is 0 Å². The van der Waals surface area contributed by atoms with Crippen molar-refractivity contribution in [2.45, 2.75) is 38.8 Å². The lowest BCUT2D eigenvalue weighted by molar-refractivity contribution is -0.113. The maximum Gasteiger partial charge on any atom is 0.332 e. The predicted octanol–water partition coefficient (Wildman–Crippen LogP) is 4.38. The first-order valence-electron chi connectivity index (χ1n) is 11.1. The van der Waals surface area contributed by atoms with Crippen LogP contribution in [0.4, 0.5) is 16.2 Å². The number of methoxy groups -OCH3 is 2. The fourth-order valence-electron chi connectivity index (χ4n) is 4.30. The largest absolute Gasteiger partial charge is 0.497 e. The average Bonchev–Trinajstić information content (AvgIpc) is 3.28. The molecule has 0 unspecified atom stereocenters. The summed E-state index contributed by atoms with van der Waals surface area (Å²) < 4.78 is 16.4. The van der Waals surface area contributed by atoms with E-state index < -0.39 is 6.04 Å². The minimum absolute atomic E-state index is 0.130. The second kappa shape index (κ2) is 9.44. The molecule has 0 bridgehead atoms. The van der Waals surface area contributed by atoms with Crippen molar-refractivity contribution in [2.75, 3.05) is 31.0 Å². The molecule has 2 heterocycles. The van der Waals surface area contributed by atoms with E-state index in [1.165, 1.54) is 0 Å². The third-order valence-electron chi connectivity index (χ3n) is 6.08. The Balaban J connectivity index is 1.75. The van der Waals surface area contributed by atoms with Crippen LogP contribution in [0.25, 0.3) is 0 Å². The summed E-state index contributed by atoms with van der Waals surface area (Å²) in [6, 6.07) is 13.6. The Morgan fingerprint density at radius 3 is 2.12 bits per heavy atom. The SMILES string of the molecule is CC[C@@H]1COC2=C(C(=O)Nc3ccc(OC)cc3)[C@@H](CC)N(c3ccc(OC)cc3)C(=O)N21. The molecule has 2 aromatic carbocycles. The van der Waals surface area contributed by atoms with Crippen molar-refractivity contribution in [1.29, 1.82) is 0 Å². The summed E-state index contributed by atoms with van der Waals surface area (Å²) in [5.41, 5.74) is 1.77. The van der Waals surface area contributed by atoms with Gasteiger partial charge < -0.3 is 19.5 Å². The van der Waals surface area contributed by atoms with Crippen molar-refractivity contribution < 1.29 is 23.8 Å². The topological polar surface area (TPSA) is 80.3 Å². The van der Waals surface area contributed by atoms with E-state index in [0.717, 1.165) is 6.42 Å². The highest BCUT2D eigenvalue weighted by molar-refractivity contribution is 6.09. The number of fused-ring (bicyclic) bond motifs is 1. The van der Waals surface area contributed by atoms with Crippen LogP contribution < -0.4 is 19.7 Å². The second-order valence-electron chi connectivity index (χ2n) is 7.92. The summed E-state index contributed by atoms with van der Waals surface area (Å²) in [5.74, 6) is 1.46. The van der Waals surface area contributed by atoms with E-state index >= 15 is 0 Å². The maximum atomic E-state index is 13.7. The molecule has 33 heavy (non-hydrogen) atoms. The van der Waals surface area contributed by atoms with Crippen molar-refractivity contribution in [3.05, 3.63) is 60.0 Å². The van der Waals surface area contributed by atoms with Crippen LogP contribution in [0.2, 0.25) is 0 Å². The monoisotopic (exact) mass is 451 g/mol. The van der Waals surface area contributed by atoms with Crippen LogP contribution in [0, 0.1) is 0 Å². The molecular weight excluding hydrogens is 422 g/mol. The van der Waals surface area contributed by atoms with Crippen molar-refractivity contribution in [3.8, 4) is 11.5 Å². The van der Waals surface area contributed by atoms with E-state index in [1.807, 2.05) is 38.1 Å². The van der Waals surface area contributed by atoms with Crippen LogP contribution in [0.5, 0.6) is 11.5 Å². The van der Waals surface area contributed by atoms with Crippen molar-refractivity contribution in [2.24, 2.45) is 0 Å². The minimum Gasteiger partial charge on any atom is -0.497 e. The van der Waals surface area contributed by atoms with Crippen LogP contribution in [0.15, 0.2) is 60.0 Å². The van der Waals surface area contributed by atoms with Gasteiger partial charge in [0.1, 0.15) is 23.7 Å². The quantitative estimate of drug-likeness (QED) is 0.676. The smallest absolute Gasteiger partial charge is 0.332 e. The molecule has 2 atom stereocenters. The molecule has 3 amide bonds. The molecular formula is C25H29N3O5. The first-order chi connectivity index (χ1) is 16.0. The lowest BCUT2D eigenvalue weighted by atomic mass is 9.98. The number of nitrogens with one attached hydrogen (secondary N) is 1. The first kappa shape index (κ1) is 22.5. The summed E-state index contributed by atoms with van der Waals surface area (Å²) in [6.07, 6.45) is 1.26. The number of hydrogen-bond acceptors (Lipinski definition) is 5. The Hall–Kier alpha value is -3.68. The van der Waals surface area contributed by atoms with Gasteiger partial charge in [0.25, 0.3) is 5.91 Å². The van der Waals surface area contributed by atoms with Gasteiger partial charge in [0, 0.05) is 11.4 Å². The Kier molecular flexibility index (Phi) is 6.44. The molecule has 0 aromatic heterocycles. The fourth-order valence-corrected chi connectivity index (χ4v) is 4.30. The van der Waals surface area contributed by atoms with E-state index in [1.54, 1.807) is 48.3 Å². The molecule has 2 aliphatic heterocycles. The summed E-state index contributed by atoms with van der Waals surface area (Å²) in [5, 5.41) is 2.96. The molecule has 4 rings (SSSR count). The zero-order valence-electron chi connectivity index (χ0n) is 19.3. The molecule has 174 valence electrons. The van der Waals surface area contributed by atoms with Crippen LogP contribution in [-0.4, -0.2) is 49.7 Å². The van der Waals surface area contributed by atoms with Gasteiger partial charge in [-0.05, 0) is 61.4 Å². The van der Waals surface area contributed by atoms with E-state index in [-0.39, 0.29) is 18.0 Å². The van der Waals surface area contributed by atoms with E-state index in [0.29, 0.717) is 47.4 Å². The summed E-state index contributed by atoms with van der Waals surface area (Å²) in [4.78, 5) is 30.5. The van der Waals surface area contributed by atoms with Gasteiger partial charge in [0.2, 0.25) is 5.88 Å². The van der Waals surface area contributed by atoms with Gasteiger partial charge >= 0.3 is 6.03 Å². The highest BCUT2D eigenvalue weighted by Crippen LogP contribution is 2.38. The van der Waals surface area contributed by atoms with Crippen molar-refractivity contribution in [3.63, 3.8) is 0 Å². The lowest BCUT2D eigenvalue weighted by Crippen LogP contribution is -2.56. The van der Waals surface area contributed by atoms with Gasteiger partial charge in [-0.15, -0.1) is 0 Å². The Morgan fingerprint density at radius 2 is 1.58 bits per heavy atom.